The van der Waals surface area contributed by atoms with Crippen LogP contribution in [0.1, 0.15) is 6.92 Å². The lowest BCUT2D eigenvalue weighted by atomic mass is 10.2. The summed E-state index contributed by atoms with van der Waals surface area (Å²) >= 11 is 0. The van der Waals surface area contributed by atoms with E-state index in [4.69, 9.17) is 10.5 Å². The third-order valence-corrected chi connectivity index (χ3v) is 2.43. The molecule has 0 atom stereocenters. The zero-order chi connectivity index (χ0) is 12.4. The molecule has 6 heteroatoms. The third kappa shape index (κ3) is 2.01. The van der Waals surface area contributed by atoms with Crippen molar-refractivity contribution in [3.63, 3.8) is 0 Å². The standard InChI is InChI=1S/C11H14N4O2/c1-3-17-11(16)15(2)9-5-7(12)4-8-10(9)14-6-13-8/h4-6H,3,12H2,1-2H3,(H,13,14). The molecule has 0 saturated carbocycles. The van der Waals surface area contributed by atoms with Crippen LogP contribution < -0.4 is 10.6 Å². The van der Waals surface area contributed by atoms with Crippen LogP contribution in [0.15, 0.2) is 18.5 Å². The van der Waals surface area contributed by atoms with Crippen LogP contribution >= 0.6 is 0 Å². The maximum atomic E-state index is 11.6. The van der Waals surface area contributed by atoms with Crippen molar-refractivity contribution < 1.29 is 9.53 Å². The molecule has 0 fully saturated rings. The second-order valence-electron chi connectivity index (χ2n) is 3.60. The summed E-state index contributed by atoms with van der Waals surface area (Å²) in [5.74, 6) is 0. The number of nitrogen functional groups attached to an aromatic ring is 1. The van der Waals surface area contributed by atoms with Crippen LogP contribution in [0.25, 0.3) is 11.0 Å². The number of fused-ring (bicyclic) bond motifs is 1. The number of aromatic nitrogens is 2. The van der Waals surface area contributed by atoms with Gasteiger partial charge in [-0.2, -0.15) is 0 Å². The zero-order valence-corrected chi connectivity index (χ0v) is 9.73. The molecule has 1 amide bonds. The van der Waals surface area contributed by atoms with Gasteiger partial charge in [0.25, 0.3) is 0 Å². The van der Waals surface area contributed by atoms with E-state index in [0.717, 1.165) is 5.52 Å². The predicted molar refractivity (Wildman–Crippen MR) is 65.9 cm³/mol. The Labute approximate surface area is 98.4 Å². The van der Waals surface area contributed by atoms with E-state index in [2.05, 4.69) is 9.97 Å². The fourth-order valence-corrected chi connectivity index (χ4v) is 1.63. The average Bonchev–Trinajstić information content (AvgIpc) is 2.75. The van der Waals surface area contributed by atoms with Crippen LogP contribution in [0.3, 0.4) is 0 Å². The molecule has 1 aromatic carbocycles. The molecule has 0 saturated heterocycles. The van der Waals surface area contributed by atoms with Crippen molar-refractivity contribution in [2.45, 2.75) is 6.92 Å². The Morgan fingerprint density at radius 2 is 2.35 bits per heavy atom. The van der Waals surface area contributed by atoms with Crippen molar-refractivity contribution in [1.82, 2.24) is 9.97 Å². The topological polar surface area (TPSA) is 84.2 Å². The summed E-state index contributed by atoms with van der Waals surface area (Å²) in [6.07, 6.45) is 1.13. The number of amides is 1. The van der Waals surface area contributed by atoms with E-state index in [-0.39, 0.29) is 0 Å². The number of carbonyl (C=O) groups is 1. The molecule has 0 unspecified atom stereocenters. The van der Waals surface area contributed by atoms with E-state index < -0.39 is 6.09 Å². The minimum atomic E-state index is -0.428. The fourth-order valence-electron chi connectivity index (χ4n) is 1.63. The first-order chi connectivity index (χ1) is 8.13. The number of nitrogens with two attached hydrogens (primary N) is 1. The molecule has 0 aliphatic carbocycles. The Bertz CT molecular complexity index is 549. The SMILES string of the molecule is CCOC(=O)N(C)c1cc(N)cc2[nH]cnc12. The normalized spacial score (nSPS) is 10.5. The predicted octanol–water partition coefficient (Wildman–Crippen LogP) is 1.74. The van der Waals surface area contributed by atoms with Crippen LogP contribution in [-0.2, 0) is 4.74 Å². The molecular formula is C11H14N4O2. The summed E-state index contributed by atoms with van der Waals surface area (Å²) in [4.78, 5) is 20.2. The number of benzene rings is 1. The van der Waals surface area contributed by atoms with Gasteiger partial charge in [0.05, 0.1) is 24.1 Å². The molecule has 17 heavy (non-hydrogen) atoms. The number of ether oxygens (including phenoxy) is 1. The van der Waals surface area contributed by atoms with Crippen LogP contribution in [0.2, 0.25) is 0 Å². The Kier molecular flexibility index (Phi) is 2.86. The van der Waals surface area contributed by atoms with Gasteiger partial charge in [-0.05, 0) is 19.1 Å². The lowest BCUT2D eigenvalue weighted by Gasteiger charge is -2.17. The van der Waals surface area contributed by atoms with E-state index in [1.165, 1.54) is 4.90 Å². The van der Waals surface area contributed by atoms with Crippen molar-refractivity contribution in [3.05, 3.63) is 18.5 Å². The van der Waals surface area contributed by atoms with E-state index in [0.29, 0.717) is 23.5 Å². The number of imidazole rings is 1. The van der Waals surface area contributed by atoms with Gasteiger partial charge >= 0.3 is 6.09 Å². The molecule has 3 N–H and O–H groups in total. The summed E-state index contributed by atoms with van der Waals surface area (Å²) in [7, 11) is 1.63. The van der Waals surface area contributed by atoms with Crippen LogP contribution in [0.5, 0.6) is 0 Å². The monoisotopic (exact) mass is 234 g/mol. The Morgan fingerprint density at radius 3 is 3.06 bits per heavy atom. The number of nitrogens with one attached hydrogen (secondary N) is 1. The quantitative estimate of drug-likeness (QED) is 0.775. The van der Waals surface area contributed by atoms with Gasteiger partial charge in [0.1, 0.15) is 5.52 Å². The summed E-state index contributed by atoms with van der Waals surface area (Å²) in [5, 5.41) is 0. The van der Waals surface area contributed by atoms with Gasteiger partial charge in [-0.25, -0.2) is 9.78 Å². The fraction of sp³-hybridized carbons (Fsp3) is 0.273. The number of hydrogen-bond acceptors (Lipinski definition) is 4. The average molecular weight is 234 g/mol. The van der Waals surface area contributed by atoms with E-state index in [1.807, 2.05) is 0 Å². The molecule has 90 valence electrons. The summed E-state index contributed by atoms with van der Waals surface area (Å²) < 4.78 is 4.93. The highest BCUT2D eigenvalue weighted by atomic mass is 16.6. The van der Waals surface area contributed by atoms with Gasteiger partial charge in [0.2, 0.25) is 0 Å². The first kappa shape index (κ1) is 11.3. The Balaban J connectivity index is 2.46. The highest BCUT2D eigenvalue weighted by Crippen LogP contribution is 2.27. The number of anilines is 2. The molecular weight excluding hydrogens is 220 g/mol. The number of nitrogens with zero attached hydrogens (tertiary/aromatic N) is 2. The number of hydrogen-bond donors (Lipinski definition) is 2. The molecule has 0 aliphatic heterocycles. The van der Waals surface area contributed by atoms with Crippen molar-refractivity contribution in [3.8, 4) is 0 Å². The zero-order valence-electron chi connectivity index (χ0n) is 9.73. The van der Waals surface area contributed by atoms with Crippen LogP contribution in [-0.4, -0.2) is 29.7 Å². The molecule has 2 aromatic rings. The van der Waals surface area contributed by atoms with Gasteiger partial charge in [-0.3, -0.25) is 4.90 Å². The van der Waals surface area contributed by atoms with Gasteiger partial charge in [0, 0.05) is 12.7 Å². The highest BCUT2D eigenvalue weighted by Gasteiger charge is 2.16. The lowest BCUT2D eigenvalue weighted by Crippen LogP contribution is -2.27. The molecule has 0 bridgehead atoms. The van der Waals surface area contributed by atoms with E-state index in [9.17, 15) is 4.79 Å². The van der Waals surface area contributed by atoms with Crippen LogP contribution in [0, 0.1) is 0 Å². The number of H-pyrrole nitrogens is 1. The minimum absolute atomic E-state index is 0.329. The molecule has 0 radical (unpaired) electrons. The number of aromatic amines is 1. The van der Waals surface area contributed by atoms with Crippen molar-refractivity contribution in [2.24, 2.45) is 0 Å². The third-order valence-electron chi connectivity index (χ3n) is 2.43. The van der Waals surface area contributed by atoms with Crippen molar-refractivity contribution >= 4 is 28.5 Å². The van der Waals surface area contributed by atoms with Crippen LogP contribution in [0.4, 0.5) is 16.2 Å². The molecule has 6 nitrogen and oxygen atoms in total. The highest BCUT2D eigenvalue weighted by molar-refractivity contribution is 5.99. The molecule has 0 aliphatic rings. The first-order valence-corrected chi connectivity index (χ1v) is 5.26. The Hall–Kier alpha value is -2.24. The molecule has 1 aromatic heterocycles. The van der Waals surface area contributed by atoms with E-state index >= 15 is 0 Å². The lowest BCUT2D eigenvalue weighted by molar-refractivity contribution is 0.161. The molecule has 2 rings (SSSR count). The number of rotatable bonds is 2. The largest absolute Gasteiger partial charge is 0.449 e. The Morgan fingerprint density at radius 1 is 1.59 bits per heavy atom. The second-order valence-corrected chi connectivity index (χ2v) is 3.60. The van der Waals surface area contributed by atoms with Gasteiger partial charge in [-0.15, -0.1) is 0 Å². The first-order valence-electron chi connectivity index (χ1n) is 5.26. The minimum Gasteiger partial charge on any atom is -0.449 e. The van der Waals surface area contributed by atoms with Crippen molar-refractivity contribution in [2.75, 3.05) is 24.3 Å². The summed E-state index contributed by atoms with van der Waals surface area (Å²) in [6, 6.07) is 3.46. The summed E-state index contributed by atoms with van der Waals surface area (Å²) in [6.45, 7) is 2.09. The smallest absolute Gasteiger partial charge is 0.414 e. The molecule has 1 heterocycles. The second kappa shape index (κ2) is 4.32. The number of carbonyl (C=O) groups excluding carboxylic acids is 1. The molecule has 0 spiro atoms. The van der Waals surface area contributed by atoms with Gasteiger partial charge in [-0.1, -0.05) is 0 Å². The van der Waals surface area contributed by atoms with Gasteiger partial charge in [0.15, 0.2) is 0 Å². The maximum Gasteiger partial charge on any atom is 0.414 e. The van der Waals surface area contributed by atoms with E-state index in [1.54, 1.807) is 32.4 Å². The maximum absolute atomic E-state index is 11.6. The van der Waals surface area contributed by atoms with Gasteiger partial charge < -0.3 is 15.5 Å². The summed E-state index contributed by atoms with van der Waals surface area (Å²) in [5.41, 5.74) is 8.43. The van der Waals surface area contributed by atoms with Crippen molar-refractivity contribution in [1.29, 1.82) is 0 Å².